The Hall–Kier alpha value is -4.22. The number of aryl methyl sites for hydroxylation is 2. The monoisotopic (exact) mass is 461 g/mol. The van der Waals surface area contributed by atoms with Gasteiger partial charge in [0.15, 0.2) is 11.6 Å². The summed E-state index contributed by atoms with van der Waals surface area (Å²) in [6.07, 6.45) is -0.955. The van der Waals surface area contributed by atoms with Crippen LogP contribution in [-0.4, -0.2) is 19.7 Å². The molecular weight excluding hydrogens is 446 g/mol. The first-order chi connectivity index (χ1) is 15.7. The molecule has 0 amide bonds. The molecule has 0 aliphatic rings. The number of hydrogen-bond donors (Lipinski definition) is 2. The largest absolute Gasteiger partial charge is 0.438 e. The summed E-state index contributed by atoms with van der Waals surface area (Å²) in [5.74, 6) is -1.63. The highest BCUT2D eigenvalue weighted by molar-refractivity contribution is 5.57. The molecule has 33 heavy (non-hydrogen) atoms. The van der Waals surface area contributed by atoms with E-state index < -0.39 is 28.9 Å². The number of anilines is 2. The minimum absolute atomic E-state index is 0.254. The van der Waals surface area contributed by atoms with Crippen molar-refractivity contribution in [2.75, 3.05) is 5.32 Å². The average molecular weight is 461 g/mol. The highest BCUT2D eigenvalue weighted by Crippen LogP contribution is 2.31. The standard InChI is InChI=1S/C21H15F4N5O3/c22-15-11-13(21(23,24)25)4-7-16(15)27-18-19(31)30(10-9-26-18)14-5-1-12(2-6-14)3-8-17-28-20(32)33-29-17/h1-2,4-7,9-11H,3,8H2,(H,26,27)(H,28,29,32). The lowest BCUT2D eigenvalue weighted by Crippen LogP contribution is -2.22. The normalized spacial score (nSPS) is 11.5. The van der Waals surface area contributed by atoms with E-state index >= 15 is 0 Å². The molecule has 2 heterocycles. The molecule has 0 unspecified atom stereocenters. The van der Waals surface area contributed by atoms with E-state index in [1.165, 1.54) is 17.0 Å². The van der Waals surface area contributed by atoms with Crippen LogP contribution in [0.1, 0.15) is 17.0 Å². The van der Waals surface area contributed by atoms with Crippen LogP contribution in [0.3, 0.4) is 0 Å². The second kappa shape index (κ2) is 8.73. The fraction of sp³-hybridized carbons (Fsp3) is 0.143. The van der Waals surface area contributed by atoms with Crippen molar-refractivity contribution >= 4 is 11.5 Å². The van der Waals surface area contributed by atoms with E-state index in [2.05, 4.69) is 25.0 Å². The first kappa shape index (κ1) is 22.0. The third kappa shape index (κ3) is 5.00. The predicted octanol–water partition coefficient (Wildman–Crippen LogP) is 3.60. The van der Waals surface area contributed by atoms with Gasteiger partial charge in [-0.25, -0.2) is 14.2 Å². The van der Waals surface area contributed by atoms with Gasteiger partial charge in [0.2, 0.25) is 0 Å². The first-order valence-corrected chi connectivity index (χ1v) is 9.56. The minimum Gasteiger partial charge on any atom is -0.333 e. The lowest BCUT2D eigenvalue weighted by molar-refractivity contribution is -0.137. The highest BCUT2D eigenvalue weighted by Gasteiger charge is 2.31. The van der Waals surface area contributed by atoms with Crippen LogP contribution in [0.2, 0.25) is 0 Å². The van der Waals surface area contributed by atoms with Gasteiger partial charge in [-0.2, -0.15) is 13.2 Å². The van der Waals surface area contributed by atoms with Gasteiger partial charge in [0.25, 0.3) is 5.56 Å². The zero-order valence-corrected chi connectivity index (χ0v) is 16.7. The zero-order chi connectivity index (χ0) is 23.6. The molecule has 8 nitrogen and oxygen atoms in total. The van der Waals surface area contributed by atoms with E-state index in [9.17, 15) is 27.2 Å². The van der Waals surface area contributed by atoms with Gasteiger partial charge < -0.3 is 5.32 Å². The summed E-state index contributed by atoms with van der Waals surface area (Å²) in [7, 11) is 0. The van der Waals surface area contributed by atoms with E-state index in [0.29, 0.717) is 36.5 Å². The van der Waals surface area contributed by atoms with Crippen LogP contribution in [0.4, 0.5) is 29.1 Å². The number of H-pyrrole nitrogens is 1. The maximum absolute atomic E-state index is 14.1. The molecule has 2 aromatic carbocycles. The van der Waals surface area contributed by atoms with E-state index in [1.807, 2.05) is 0 Å². The van der Waals surface area contributed by atoms with Gasteiger partial charge in [0.05, 0.1) is 11.3 Å². The Labute approximate surface area is 182 Å². The molecule has 2 aromatic heterocycles. The molecule has 170 valence electrons. The average Bonchev–Trinajstić information content (AvgIpc) is 3.20. The lowest BCUT2D eigenvalue weighted by atomic mass is 10.1. The summed E-state index contributed by atoms with van der Waals surface area (Å²) in [5.41, 5.74) is -0.665. The van der Waals surface area contributed by atoms with Crippen LogP contribution >= 0.6 is 0 Å². The number of halogens is 4. The second-order valence-corrected chi connectivity index (χ2v) is 6.98. The molecule has 4 rings (SSSR count). The van der Waals surface area contributed by atoms with Crippen LogP contribution in [0.15, 0.2) is 69.0 Å². The Balaban J connectivity index is 1.52. The summed E-state index contributed by atoms with van der Waals surface area (Å²) in [6.45, 7) is 0. The molecule has 0 aliphatic carbocycles. The number of benzene rings is 2. The van der Waals surface area contributed by atoms with Crippen molar-refractivity contribution in [3.8, 4) is 5.69 Å². The molecule has 12 heteroatoms. The fourth-order valence-electron chi connectivity index (χ4n) is 3.08. The quantitative estimate of drug-likeness (QED) is 0.425. The van der Waals surface area contributed by atoms with Gasteiger partial charge in [0, 0.05) is 24.5 Å². The van der Waals surface area contributed by atoms with Gasteiger partial charge in [-0.15, -0.1) is 0 Å². The van der Waals surface area contributed by atoms with Crippen LogP contribution in [0, 0.1) is 5.82 Å². The summed E-state index contributed by atoms with van der Waals surface area (Å²) in [6, 6.07) is 8.88. The summed E-state index contributed by atoms with van der Waals surface area (Å²) >= 11 is 0. The van der Waals surface area contributed by atoms with Crippen molar-refractivity contribution in [1.29, 1.82) is 0 Å². The van der Waals surface area contributed by atoms with Crippen LogP contribution in [0.25, 0.3) is 5.69 Å². The minimum atomic E-state index is -4.69. The molecule has 0 spiro atoms. The van der Waals surface area contributed by atoms with Crippen molar-refractivity contribution in [3.05, 3.63) is 98.5 Å². The van der Waals surface area contributed by atoms with Gasteiger partial charge in [-0.05, 0) is 42.3 Å². The van der Waals surface area contributed by atoms with Gasteiger partial charge >= 0.3 is 11.9 Å². The molecule has 2 N–H and O–H groups in total. The number of alkyl halides is 3. The van der Waals surface area contributed by atoms with Crippen molar-refractivity contribution in [2.45, 2.75) is 19.0 Å². The van der Waals surface area contributed by atoms with Gasteiger partial charge in [0.1, 0.15) is 5.82 Å². The Morgan fingerprint density at radius 2 is 1.82 bits per heavy atom. The fourth-order valence-corrected chi connectivity index (χ4v) is 3.08. The molecular formula is C21H15F4N5O3. The van der Waals surface area contributed by atoms with Gasteiger partial charge in [-0.1, -0.05) is 17.3 Å². The summed E-state index contributed by atoms with van der Waals surface area (Å²) < 4.78 is 58.0. The van der Waals surface area contributed by atoms with E-state index in [1.54, 1.807) is 24.3 Å². The van der Waals surface area contributed by atoms with E-state index in [0.717, 1.165) is 11.6 Å². The number of rotatable bonds is 6. The summed E-state index contributed by atoms with van der Waals surface area (Å²) in [5, 5.41) is 6.04. The number of hydrogen-bond acceptors (Lipinski definition) is 6. The van der Waals surface area contributed by atoms with E-state index in [4.69, 9.17) is 0 Å². The predicted molar refractivity (Wildman–Crippen MR) is 109 cm³/mol. The molecule has 0 atom stereocenters. The molecule has 0 aliphatic heterocycles. The number of aromatic amines is 1. The number of aromatic nitrogens is 4. The summed E-state index contributed by atoms with van der Waals surface area (Å²) in [4.78, 5) is 30.1. The molecule has 0 fully saturated rings. The maximum Gasteiger partial charge on any atom is 0.438 e. The molecule has 0 saturated heterocycles. The van der Waals surface area contributed by atoms with Crippen LogP contribution < -0.4 is 16.6 Å². The van der Waals surface area contributed by atoms with Crippen LogP contribution in [0.5, 0.6) is 0 Å². The SMILES string of the molecule is O=c1[nH]c(CCc2ccc(-n3ccnc(Nc4ccc(C(F)(F)F)cc4F)c3=O)cc2)no1. The van der Waals surface area contributed by atoms with Gasteiger partial charge in [-0.3, -0.25) is 18.9 Å². The van der Waals surface area contributed by atoms with E-state index in [-0.39, 0.29) is 11.5 Å². The molecule has 0 bridgehead atoms. The molecule has 0 radical (unpaired) electrons. The smallest absolute Gasteiger partial charge is 0.333 e. The second-order valence-electron chi connectivity index (χ2n) is 6.98. The van der Waals surface area contributed by atoms with Crippen molar-refractivity contribution < 1.29 is 22.1 Å². The molecule has 0 saturated carbocycles. The van der Waals surface area contributed by atoms with Crippen LogP contribution in [-0.2, 0) is 19.0 Å². The number of nitrogens with zero attached hydrogens (tertiary/aromatic N) is 3. The maximum atomic E-state index is 14.1. The Kier molecular flexibility index (Phi) is 5.82. The topological polar surface area (TPSA) is 106 Å². The van der Waals surface area contributed by atoms with Crippen molar-refractivity contribution in [3.63, 3.8) is 0 Å². The molecule has 4 aromatic rings. The first-order valence-electron chi connectivity index (χ1n) is 9.56. The van der Waals surface area contributed by atoms with Crippen molar-refractivity contribution in [2.24, 2.45) is 0 Å². The Morgan fingerprint density at radius 1 is 1.06 bits per heavy atom. The third-order valence-electron chi connectivity index (χ3n) is 4.74. The van der Waals surface area contributed by atoms with Crippen molar-refractivity contribution in [1.82, 2.24) is 19.7 Å². The lowest BCUT2D eigenvalue weighted by Gasteiger charge is -2.12. The Morgan fingerprint density at radius 3 is 2.45 bits per heavy atom. The zero-order valence-electron chi connectivity index (χ0n) is 16.7. The Bertz CT molecular complexity index is 1390. The number of nitrogens with one attached hydrogen (secondary N) is 2. The third-order valence-corrected chi connectivity index (χ3v) is 4.74. The highest BCUT2D eigenvalue weighted by atomic mass is 19.4.